The van der Waals surface area contributed by atoms with Crippen LogP contribution in [0.15, 0.2) is 0 Å². The average molecular weight is 316 g/mol. The van der Waals surface area contributed by atoms with Gasteiger partial charge in [-0.1, -0.05) is 0 Å². The highest BCUT2D eigenvalue weighted by Gasteiger charge is 2.66. The van der Waals surface area contributed by atoms with Gasteiger partial charge in [-0.25, -0.2) is 4.79 Å². The molecular weight excluding hydrogens is 296 g/mol. The topological polar surface area (TPSA) is 121 Å². The summed E-state index contributed by atoms with van der Waals surface area (Å²) in [5.41, 5.74) is 4.43. The Morgan fingerprint density at radius 2 is 1.95 bits per heavy atom. The Labute approximate surface area is 126 Å². The molecule has 4 atom stereocenters. The zero-order valence-electron chi connectivity index (χ0n) is 12.4. The van der Waals surface area contributed by atoms with E-state index < -0.39 is 51.4 Å². The first-order valence-electron chi connectivity index (χ1n) is 6.63. The predicted molar refractivity (Wildman–Crippen MR) is 76.5 cm³/mol. The fraction of sp³-hybridized carbons (Fsp3) is 0.769. The minimum absolute atomic E-state index is 0.504. The van der Waals surface area contributed by atoms with E-state index in [0.29, 0.717) is 0 Å². The number of rotatable bonds is 4. The van der Waals surface area contributed by atoms with Crippen molar-refractivity contribution in [2.45, 2.75) is 55.5 Å². The van der Waals surface area contributed by atoms with E-state index in [2.05, 4.69) is 0 Å². The molecule has 0 bridgehead atoms. The molecule has 0 aliphatic carbocycles. The van der Waals surface area contributed by atoms with Crippen molar-refractivity contribution in [2.24, 2.45) is 11.7 Å². The van der Waals surface area contributed by atoms with Gasteiger partial charge in [0.25, 0.3) is 0 Å². The number of aliphatic hydroxyl groups excluding tert-OH is 1. The molecule has 21 heavy (non-hydrogen) atoms. The zero-order chi connectivity index (χ0) is 16.3. The van der Waals surface area contributed by atoms with Crippen LogP contribution in [0.3, 0.4) is 0 Å². The Kier molecular flexibility index (Phi) is 3.63. The Bertz CT molecular complexity index is 513. The highest BCUT2D eigenvalue weighted by Crippen LogP contribution is 2.54. The van der Waals surface area contributed by atoms with Gasteiger partial charge in [0, 0.05) is 4.75 Å². The molecule has 2 heterocycles. The quantitative estimate of drug-likeness (QED) is 0.593. The molecule has 0 radical (unpaired) electrons. The molecule has 0 saturated carbocycles. The van der Waals surface area contributed by atoms with Crippen LogP contribution >= 0.6 is 11.8 Å². The van der Waals surface area contributed by atoms with Gasteiger partial charge in [-0.2, -0.15) is 0 Å². The summed E-state index contributed by atoms with van der Waals surface area (Å²) < 4.78 is -0.679. The molecule has 2 fully saturated rings. The zero-order valence-corrected chi connectivity index (χ0v) is 13.2. The normalized spacial score (nSPS) is 32.4. The Morgan fingerprint density at radius 3 is 2.38 bits per heavy atom. The number of carboxylic acids is 1. The van der Waals surface area contributed by atoms with Crippen LogP contribution in [0.1, 0.15) is 27.7 Å². The molecule has 0 aromatic carbocycles. The van der Waals surface area contributed by atoms with E-state index in [9.17, 15) is 24.6 Å². The second kappa shape index (κ2) is 4.69. The fourth-order valence-electron chi connectivity index (χ4n) is 2.88. The van der Waals surface area contributed by atoms with Crippen molar-refractivity contribution in [1.82, 2.24) is 4.90 Å². The van der Waals surface area contributed by atoms with Crippen LogP contribution in [-0.2, 0) is 14.4 Å². The minimum Gasteiger partial charge on any atom is -0.480 e. The first kappa shape index (κ1) is 16.3. The average Bonchev–Trinajstić information content (AvgIpc) is 2.55. The van der Waals surface area contributed by atoms with Crippen molar-refractivity contribution in [2.75, 3.05) is 0 Å². The number of aliphatic carboxylic acids is 1. The number of carbonyl (C=O) groups excluding carboxylic acids is 2. The summed E-state index contributed by atoms with van der Waals surface area (Å²) in [7, 11) is 0. The number of aliphatic hydroxyl groups is 1. The van der Waals surface area contributed by atoms with Gasteiger partial charge >= 0.3 is 5.97 Å². The van der Waals surface area contributed by atoms with Crippen molar-refractivity contribution in [3.63, 3.8) is 0 Å². The summed E-state index contributed by atoms with van der Waals surface area (Å²) >= 11 is 1.29. The van der Waals surface area contributed by atoms with E-state index in [1.165, 1.54) is 30.5 Å². The number of nitrogens with two attached hydrogens (primary N) is 1. The Balaban J connectivity index is 2.24. The number of carbonyl (C=O) groups is 3. The van der Waals surface area contributed by atoms with Gasteiger partial charge in [-0.3, -0.25) is 9.59 Å². The smallest absolute Gasteiger partial charge is 0.327 e. The summed E-state index contributed by atoms with van der Waals surface area (Å²) in [6.45, 7) is 6.40. The van der Waals surface area contributed by atoms with Crippen LogP contribution in [0.25, 0.3) is 0 Å². The third-order valence-corrected chi connectivity index (χ3v) is 5.55. The lowest BCUT2D eigenvalue weighted by Crippen LogP contribution is -2.67. The number of thioether (sulfide) groups is 1. The fourth-order valence-corrected chi connectivity index (χ4v) is 4.59. The van der Waals surface area contributed by atoms with E-state index in [1.54, 1.807) is 13.8 Å². The van der Waals surface area contributed by atoms with Gasteiger partial charge in [-0.15, -0.1) is 11.8 Å². The van der Waals surface area contributed by atoms with E-state index >= 15 is 0 Å². The lowest BCUT2D eigenvalue weighted by molar-refractivity contribution is -0.171. The molecule has 2 rings (SSSR count). The number of Topliss-reactive ketones (excluding diaryl/α,β-unsaturated/α-hetero) is 1. The van der Waals surface area contributed by atoms with E-state index in [0.717, 1.165) is 0 Å². The van der Waals surface area contributed by atoms with Gasteiger partial charge in [0.1, 0.15) is 18.1 Å². The molecule has 2 aliphatic heterocycles. The molecule has 0 spiro atoms. The van der Waals surface area contributed by atoms with E-state index in [1.807, 2.05) is 0 Å². The third-order valence-electron chi connectivity index (χ3n) is 3.96. The molecule has 0 aromatic rings. The summed E-state index contributed by atoms with van der Waals surface area (Å²) in [6, 6.07) is -0.954. The number of nitrogens with zero attached hydrogens (tertiary/aromatic N) is 1. The van der Waals surface area contributed by atoms with Crippen LogP contribution in [0, 0.1) is 5.92 Å². The predicted octanol–water partition coefficient (Wildman–Crippen LogP) is -0.583. The Hall–Kier alpha value is -1.12. The van der Waals surface area contributed by atoms with Gasteiger partial charge in [0.2, 0.25) is 5.91 Å². The number of amides is 1. The van der Waals surface area contributed by atoms with Crippen LogP contribution in [0.4, 0.5) is 0 Å². The van der Waals surface area contributed by atoms with Crippen molar-refractivity contribution in [3.05, 3.63) is 0 Å². The summed E-state index contributed by atoms with van der Waals surface area (Å²) in [5.74, 6) is -3.12. The number of ketones is 1. The van der Waals surface area contributed by atoms with Gasteiger partial charge in [-0.05, 0) is 27.7 Å². The lowest BCUT2D eigenvalue weighted by Gasteiger charge is -2.45. The molecule has 2 aliphatic rings. The molecule has 1 amide bonds. The number of hydrogen-bond acceptors (Lipinski definition) is 6. The van der Waals surface area contributed by atoms with Crippen molar-refractivity contribution in [3.8, 4) is 0 Å². The van der Waals surface area contributed by atoms with Crippen LogP contribution in [0.5, 0.6) is 0 Å². The number of fused-ring (bicyclic) bond motifs is 1. The second-order valence-corrected chi connectivity index (χ2v) is 8.43. The second-order valence-electron chi connectivity index (χ2n) is 6.65. The first-order chi connectivity index (χ1) is 9.39. The molecular formula is C13H20N2O5S. The third kappa shape index (κ3) is 2.35. The van der Waals surface area contributed by atoms with Crippen molar-refractivity contribution in [1.29, 1.82) is 0 Å². The molecule has 8 heteroatoms. The summed E-state index contributed by atoms with van der Waals surface area (Å²) in [4.78, 5) is 36.9. The standard InChI is InChI=1S/C13H20N2O5S/c1-12(2,14)8(17)6(16)5-9(18)15-7(11(19)20)13(3,4)21-10(5)15/h5-7,10,16H,14H2,1-4H3,(H,19,20)/t5-,6+,7+,10-/m1/s1. The maximum atomic E-state index is 12.2. The highest BCUT2D eigenvalue weighted by atomic mass is 32.2. The SMILES string of the molecule is CC(C)(N)C(=O)[C@@H](O)[C@@H]1C(=O)N2[C@@H]1SC(C)(C)[C@@H]2C(=O)O. The highest BCUT2D eigenvalue weighted by molar-refractivity contribution is 8.01. The molecule has 118 valence electrons. The number of β-lactam (4-membered cyclic amide) rings is 1. The largest absolute Gasteiger partial charge is 0.480 e. The maximum absolute atomic E-state index is 12.2. The van der Waals surface area contributed by atoms with Crippen LogP contribution in [-0.4, -0.2) is 60.6 Å². The number of hydrogen-bond donors (Lipinski definition) is 3. The lowest BCUT2D eigenvalue weighted by atomic mass is 9.82. The van der Waals surface area contributed by atoms with Gasteiger partial charge < -0.3 is 20.8 Å². The van der Waals surface area contributed by atoms with Gasteiger partial charge in [0.05, 0.1) is 10.9 Å². The monoisotopic (exact) mass is 316 g/mol. The van der Waals surface area contributed by atoms with Gasteiger partial charge in [0.15, 0.2) is 5.78 Å². The molecule has 0 aromatic heterocycles. The van der Waals surface area contributed by atoms with E-state index in [4.69, 9.17) is 5.73 Å². The molecule has 7 nitrogen and oxygen atoms in total. The number of carboxylic acid groups (broad SMARTS) is 1. The van der Waals surface area contributed by atoms with Crippen LogP contribution in [0.2, 0.25) is 0 Å². The van der Waals surface area contributed by atoms with E-state index in [-0.39, 0.29) is 0 Å². The van der Waals surface area contributed by atoms with Crippen molar-refractivity contribution >= 4 is 29.4 Å². The molecule has 2 saturated heterocycles. The summed E-state index contributed by atoms with van der Waals surface area (Å²) in [6.07, 6.45) is -1.51. The summed E-state index contributed by atoms with van der Waals surface area (Å²) in [5, 5.41) is 18.9. The Morgan fingerprint density at radius 1 is 1.43 bits per heavy atom. The maximum Gasteiger partial charge on any atom is 0.327 e. The molecule has 4 N–H and O–H groups in total. The molecule has 0 unspecified atom stereocenters. The van der Waals surface area contributed by atoms with Crippen molar-refractivity contribution < 1.29 is 24.6 Å². The minimum atomic E-state index is -1.51. The van der Waals surface area contributed by atoms with Crippen LogP contribution < -0.4 is 5.73 Å². The first-order valence-corrected chi connectivity index (χ1v) is 7.51.